The fourth-order valence-corrected chi connectivity index (χ4v) is 7.65. The van der Waals surface area contributed by atoms with Gasteiger partial charge in [0.15, 0.2) is 0 Å². The lowest BCUT2D eigenvalue weighted by atomic mass is 10.1. The van der Waals surface area contributed by atoms with Gasteiger partial charge in [0.1, 0.15) is 0 Å². The number of hydrogen-bond donors (Lipinski definition) is 1. The summed E-state index contributed by atoms with van der Waals surface area (Å²) in [5.74, 6) is 0.202. The average molecular weight is 464 g/mol. The Hall–Kier alpha value is -0.830. The van der Waals surface area contributed by atoms with Crippen LogP contribution in [0.3, 0.4) is 0 Å². The molecule has 0 aliphatic heterocycles. The molecule has 0 radical (unpaired) electrons. The van der Waals surface area contributed by atoms with Gasteiger partial charge >= 0.3 is 6.09 Å². The van der Waals surface area contributed by atoms with E-state index in [1.54, 1.807) is 0 Å². The zero-order valence-corrected chi connectivity index (χ0v) is 21.0. The molecule has 0 bridgehead atoms. The van der Waals surface area contributed by atoms with Crippen molar-refractivity contribution >= 4 is 47.9 Å². The van der Waals surface area contributed by atoms with Gasteiger partial charge in [0.05, 0.1) is 19.1 Å². The largest absolute Gasteiger partial charge is 0.465 e. The fraction of sp³-hybridized carbons (Fsp3) is 0.632. The van der Waals surface area contributed by atoms with E-state index in [0.717, 1.165) is 23.2 Å². The molecule has 0 atom stereocenters. The van der Waals surface area contributed by atoms with E-state index in [9.17, 15) is 9.90 Å². The number of hydrogen-bond acceptors (Lipinski definition) is 6. The van der Waals surface area contributed by atoms with Gasteiger partial charge in [-0.25, -0.2) is 4.79 Å². The number of carboxylic acid groups (broad SMARTS) is 1. The van der Waals surface area contributed by atoms with Crippen LogP contribution in [0.15, 0.2) is 12.1 Å². The summed E-state index contributed by atoms with van der Waals surface area (Å²) >= 11 is 7.06. The van der Waals surface area contributed by atoms with E-state index < -0.39 is 12.7 Å². The van der Waals surface area contributed by atoms with Gasteiger partial charge in [-0.2, -0.15) is 4.08 Å². The van der Waals surface area contributed by atoms with Crippen LogP contribution in [0.5, 0.6) is 0 Å². The summed E-state index contributed by atoms with van der Waals surface area (Å²) in [6, 6.07) is 3.81. The van der Waals surface area contributed by atoms with Crippen LogP contribution in [0.4, 0.5) is 16.2 Å². The number of benzene rings is 1. The number of carbonyl (C=O) groups is 1. The normalized spacial score (nSPS) is 11.7. The summed E-state index contributed by atoms with van der Waals surface area (Å²) in [4.78, 5) is 15.4. The average Bonchev–Trinajstić information content (AvgIpc) is 2.60. The van der Waals surface area contributed by atoms with Crippen molar-refractivity contribution in [3.63, 3.8) is 0 Å². The molecular formula is C19H34N3O4PS2. The van der Waals surface area contributed by atoms with E-state index >= 15 is 0 Å². The van der Waals surface area contributed by atoms with Gasteiger partial charge in [-0.15, -0.1) is 0 Å². The first-order chi connectivity index (χ1) is 13.6. The Bertz CT molecular complexity index is 700. The number of rotatable bonds is 12. The van der Waals surface area contributed by atoms with Crippen molar-refractivity contribution < 1.29 is 18.9 Å². The minimum atomic E-state index is -2.66. The summed E-state index contributed by atoms with van der Waals surface area (Å²) < 4.78 is 13.5. The molecule has 0 unspecified atom stereocenters. The van der Waals surface area contributed by atoms with Crippen LogP contribution in [0.1, 0.15) is 38.3 Å². The van der Waals surface area contributed by atoms with Gasteiger partial charge in [-0.3, -0.25) is 4.90 Å². The van der Waals surface area contributed by atoms with Crippen molar-refractivity contribution in [2.75, 3.05) is 49.5 Å². The molecule has 1 aromatic rings. The van der Waals surface area contributed by atoms with Crippen molar-refractivity contribution in [3.8, 4) is 0 Å². The van der Waals surface area contributed by atoms with Crippen LogP contribution < -0.4 is 9.80 Å². The molecule has 0 aliphatic carbocycles. The lowest BCUT2D eigenvalue weighted by Crippen LogP contribution is -2.31. The summed E-state index contributed by atoms with van der Waals surface area (Å²) in [6.07, 6.45) is -0.152. The van der Waals surface area contributed by atoms with Crippen molar-refractivity contribution in [3.05, 3.63) is 23.3 Å². The third-order valence-corrected chi connectivity index (χ3v) is 9.37. The molecule has 166 valence electrons. The molecule has 0 spiro atoms. The van der Waals surface area contributed by atoms with E-state index in [-0.39, 0.29) is 5.88 Å². The molecule has 1 rings (SSSR count). The highest BCUT2D eigenvalue weighted by atomic mass is 32.5. The summed E-state index contributed by atoms with van der Waals surface area (Å²) in [5.41, 5.74) is 3.80. The van der Waals surface area contributed by atoms with Crippen molar-refractivity contribution in [1.82, 2.24) is 4.08 Å². The van der Waals surface area contributed by atoms with E-state index in [4.69, 9.17) is 20.9 Å². The monoisotopic (exact) mass is 463 g/mol. The number of anilines is 2. The second-order valence-electron chi connectivity index (χ2n) is 6.67. The summed E-state index contributed by atoms with van der Waals surface area (Å²) in [5, 5.41) is 9.84. The predicted molar refractivity (Wildman–Crippen MR) is 128 cm³/mol. The highest BCUT2D eigenvalue weighted by molar-refractivity contribution is 8.15. The topological polar surface area (TPSA) is 65.5 Å². The Morgan fingerprint density at radius 2 is 1.66 bits per heavy atom. The SMILES string of the molecule is CCCN(SCN(C(=O)O)c1cc(C)c(N(C)C)c(C)c1)P(=S)(OCC)OCC. The van der Waals surface area contributed by atoms with Gasteiger partial charge in [0, 0.05) is 32.0 Å². The minimum Gasteiger partial charge on any atom is -0.465 e. The third-order valence-electron chi connectivity index (χ3n) is 4.07. The second-order valence-corrected chi connectivity index (χ2v) is 11.2. The lowest BCUT2D eigenvalue weighted by molar-refractivity contribution is 0.203. The molecule has 1 aromatic carbocycles. The summed E-state index contributed by atoms with van der Waals surface area (Å²) in [6.45, 7) is 8.70. The first kappa shape index (κ1) is 26.2. The van der Waals surface area contributed by atoms with Gasteiger partial charge < -0.3 is 19.1 Å². The zero-order chi connectivity index (χ0) is 22.2. The number of nitrogens with zero attached hydrogens (tertiary/aromatic N) is 3. The standard InChI is InChI=1S/C19H34N3O4PS2/c1-8-11-22(27(28,25-9-2)26-10-3)29-14-21(19(23)24)17-12-15(4)18(20(6)7)16(5)13-17/h12-13H,8-11,14H2,1-7H3,(H,23,24). The van der Waals surface area contributed by atoms with Crippen molar-refractivity contribution in [2.45, 2.75) is 41.0 Å². The molecule has 0 saturated carbocycles. The number of aryl methyl sites for hydroxylation is 2. The molecule has 10 heteroatoms. The summed E-state index contributed by atoms with van der Waals surface area (Å²) in [7, 11) is 3.97. The molecule has 0 saturated heterocycles. The first-order valence-electron chi connectivity index (χ1n) is 9.70. The van der Waals surface area contributed by atoms with Crippen LogP contribution in [0.25, 0.3) is 0 Å². The molecule has 29 heavy (non-hydrogen) atoms. The van der Waals surface area contributed by atoms with Crippen LogP contribution in [0, 0.1) is 13.8 Å². The zero-order valence-electron chi connectivity index (χ0n) is 18.5. The highest BCUT2D eigenvalue weighted by Crippen LogP contribution is 2.56. The Morgan fingerprint density at radius 1 is 1.14 bits per heavy atom. The van der Waals surface area contributed by atoms with Crippen molar-refractivity contribution in [2.24, 2.45) is 0 Å². The van der Waals surface area contributed by atoms with Crippen LogP contribution in [-0.2, 0) is 20.9 Å². The fourth-order valence-electron chi connectivity index (χ4n) is 3.10. The first-order valence-corrected chi connectivity index (χ1v) is 13.2. The van der Waals surface area contributed by atoms with Crippen molar-refractivity contribution in [1.29, 1.82) is 0 Å². The maximum absolute atomic E-state index is 12.0. The quantitative estimate of drug-likeness (QED) is 0.249. The molecule has 0 heterocycles. The van der Waals surface area contributed by atoms with Crippen LogP contribution in [-0.4, -0.2) is 55.0 Å². The molecule has 1 amide bonds. The second kappa shape index (κ2) is 12.1. The van der Waals surface area contributed by atoms with Gasteiger partial charge in [-0.1, -0.05) is 6.92 Å². The van der Waals surface area contributed by atoms with Gasteiger partial charge in [0.25, 0.3) is 6.64 Å². The molecule has 0 fully saturated rings. The van der Waals surface area contributed by atoms with E-state index in [1.807, 2.05) is 69.8 Å². The van der Waals surface area contributed by atoms with E-state index in [1.165, 1.54) is 16.8 Å². The predicted octanol–water partition coefficient (Wildman–Crippen LogP) is 5.47. The maximum atomic E-state index is 12.0. The number of amides is 1. The Morgan fingerprint density at radius 3 is 2.03 bits per heavy atom. The molecular weight excluding hydrogens is 429 g/mol. The Balaban J connectivity index is 3.15. The lowest BCUT2D eigenvalue weighted by Gasteiger charge is -2.33. The molecule has 1 N–H and O–H groups in total. The third kappa shape index (κ3) is 7.12. The van der Waals surface area contributed by atoms with Gasteiger partial charge in [-0.05, 0) is 81.1 Å². The minimum absolute atomic E-state index is 0.202. The van der Waals surface area contributed by atoms with Crippen LogP contribution >= 0.6 is 18.6 Å². The molecule has 0 aromatic heterocycles. The van der Waals surface area contributed by atoms with E-state index in [2.05, 4.69) is 0 Å². The Kier molecular flexibility index (Phi) is 11.0. The smallest absolute Gasteiger partial charge is 0.412 e. The van der Waals surface area contributed by atoms with Gasteiger partial charge in [0.2, 0.25) is 0 Å². The van der Waals surface area contributed by atoms with E-state index in [0.29, 0.717) is 25.4 Å². The Labute approximate surface area is 184 Å². The maximum Gasteiger partial charge on any atom is 0.412 e. The molecule has 7 nitrogen and oxygen atoms in total. The van der Waals surface area contributed by atoms with Crippen LogP contribution in [0.2, 0.25) is 0 Å². The molecule has 0 aliphatic rings. The highest BCUT2D eigenvalue weighted by Gasteiger charge is 2.29.